The number of ether oxygens (including phenoxy) is 1. The minimum Gasteiger partial charge on any atom is -0.487 e. The predicted molar refractivity (Wildman–Crippen MR) is 134 cm³/mol. The number of fused-ring (bicyclic) bond motifs is 1. The van der Waals surface area contributed by atoms with Crippen molar-refractivity contribution in [1.29, 1.82) is 0 Å². The minimum atomic E-state index is -3.87. The Balaban J connectivity index is 1.72. The third-order valence-electron chi connectivity index (χ3n) is 6.35. The number of aliphatic hydroxyl groups is 1. The molecule has 8 nitrogen and oxygen atoms in total. The van der Waals surface area contributed by atoms with E-state index < -0.39 is 16.1 Å². The van der Waals surface area contributed by atoms with E-state index in [9.17, 15) is 13.5 Å². The van der Waals surface area contributed by atoms with E-state index in [2.05, 4.69) is 14.9 Å². The molecule has 0 amide bonds. The van der Waals surface area contributed by atoms with Crippen molar-refractivity contribution in [3.8, 4) is 16.9 Å². The normalized spacial score (nSPS) is 20.9. The Kier molecular flexibility index (Phi) is 7.81. The number of nitrogens with zero attached hydrogens (tertiary/aromatic N) is 4. The molecule has 1 aromatic carbocycles. The zero-order valence-corrected chi connectivity index (χ0v) is 21.1. The molecule has 0 aliphatic carbocycles. The smallest absolute Gasteiger partial charge is 0.247 e. The Morgan fingerprint density at radius 2 is 1.91 bits per heavy atom. The van der Waals surface area contributed by atoms with E-state index in [-0.39, 0.29) is 30.1 Å². The Morgan fingerprint density at radius 1 is 1.14 bits per heavy atom. The van der Waals surface area contributed by atoms with Crippen LogP contribution < -0.4 is 4.74 Å². The first-order chi connectivity index (χ1) is 16.8. The number of rotatable bonds is 7. The molecular weight excluding hydrogens is 464 g/mol. The van der Waals surface area contributed by atoms with Crippen molar-refractivity contribution < 1.29 is 18.3 Å². The Bertz CT molecular complexity index is 1220. The SMILES string of the molecule is C[C@@H]1CN([C@H](C)CO)S(=O)(=O)c2ccc(-c3ccncc3)cc2O[C@H]1CN(C)Cc1cccnc1. The molecule has 0 saturated heterocycles. The van der Waals surface area contributed by atoms with Gasteiger partial charge in [-0.3, -0.25) is 14.9 Å². The van der Waals surface area contributed by atoms with Crippen molar-refractivity contribution in [3.63, 3.8) is 0 Å². The van der Waals surface area contributed by atoms with Gasteiger partial charge in [0.2, 0.25) is 10.0 Å². The number of hydrogen-bond acceptors (Lipinski definition) is 7. The number of aromatic nitrogens is 2. The molecule has 0 bridgehead atoms. The summed E-state index contributed by atoms with van der Waals surface area (Å²) in [5.41, 5.74) is 2.86. The number of aliphatic hydroxyl groups excluding tert-OH is 1. The summed E-state index contributed by atoms with van der Waals surface area (Å²) in [5, 5.41) is 9.83. The third-order valence-corrected chi connectivity index (χ3v) is 8.37. The minimum absolute atomic E-state index is 0.113. The molecular formula is C26H32N4O4S. The first kappa shape index (κ1) is 25.2. The lowest BCUT2D eigenvalue weighted by molar-refractivity contribution is 0.0734. The van der Waals surface area contributed by atoms with Gasteiger partial charge in [0.15, 0.2) is 0 Å². The molecule has 0 radical (unpaired) electrons. The summed E-state index contributed by atoms with van der Waals surface area (Å²) in [6.45, 7) is 4.99. The van der Waals surface area contributed by atoms with Crippen LogP contribution in [0.4, 0.5) is 0 Å². The monoisotopic (exact) mass is 496 g/mol. The highest BCUT2D eigenvalue weighted by atomic mass is 32.2. The molecule has 2 aromatic heterocycles. The van der Waals surface area contributed by atoms with Gasteiger partial charge in [-0.05, 0) is 61.0 Å². The molecule has 1 aliphatic heterocycles. The molecule has 35 heavy (non-hydrogen) atoms. The second kappa shape index (κ2) is 10.8. The van der Waals surface area contributed by atoms with Crippen LogP contribution in [0.25, 0.3) is 11.1 Å². The van der Waals surface area contributed by atoms with Gasteiger partial charge in [-0.2, -0.15) is 4.31 Å². The topological polar surface area (TPSA) is 95.9 Å². The maximum Gasteiger partial charge on any atom is 0.247 e. The van der Waals surface area contributed by atoms with Crippen LogP contribution in [0.2, 0.25) is 0 Å². The average Bonchev–Trinajstić information content (AvgIpc) is 2.86. The number of pyridine rings is 2. The van der Waals surface area contributed by atoms with E-state index >= 15 is 0 Å². The molecule has 9 heteroatoms. The van der Waals surface area contributed by atoms with Crippen molar-refractivity contribution >= 4 is 10.0 Å². The summed E-state index contributed by atoms with van der Waals surface area (Å²) in [6, 6.07) is 12.3. The fourth-order valence-corrected chi connectivity index (χ4v) is 6.17. The maximum atomic E-state index is 13.6. The van der Waals surface area contributed by atoms with E-state index in [1.54, 1.807) is 43.7 Å². The highest BCUT2D eigenvalue weighted by molar-refractivity contribution is 7.89. The second-order valence-electron chi connectivity index (χ2n) is 9.20. The first-order valence-corrected chi connectivity index (χ1v) is 13.1. The highest BCUT2D eigenvalue weighted by Gasteiger charge is 2.38. The summed E-state index contributed by atoms with van der Waals surface area (Å²) >= 11 is 0. The summed E-state index contributed by atoms with van der Waals surface area (Å²) in [7, 11) is -1.86. The number of likely N-dealkylation sites (N-methyl/N-ethyl adjacent to an activating group) is 1. The van der Waals surface area contributed by atoms with Crippen molar-refractivity contribution in [2.24, 2.45) is 5.92 Å². The Morgan fingerprint density at radius 3 is 2.60 bits per heavy atom. The van der Waals surface area contributed by atoms with E-state index in [0.29, 0.717) is 18.8 Å². The van der Waals surface area contributed by atoms with Crippen LogP contribution in [0, 0.1) is 5.92 Å². The number of benzene rings is 1. The molecule has 0 unspecified atom stereocenters. The van der Waals surface area contributed by atoms with Crippen LogP contribution in [-0.4, -0.2) is 71.6 Å². The molecule has 1 N–H and O–H groups in total. The van der Waals surface area contributed by atoms with E-state index in [0.717, 1.165) is 16.7 Å². The Labute approximate surface area is 207 Å². The van der Waals surface area contributed by atoms with Crippen LogP contribution in [-0.2, 0) is 16.6 Å². The van der Waals surface area contributed by atoms with Crippen LogP contribution in [0.5, 0.6) is 5.75 Å². The zero-order chi connectivity index (χ0) is 25.0. The van der Waals surface area contributed by atoms with Crippen molar-refractivity contribution in [2.75, 3.05) is 26.7 Å². The molecule has 4 rings (SSSR count). The molecule has 3 atom stereocenters. The highest BCUT2D eigenvalue weighted by Crippen LogP contribution is 2.36. The van der Waals surface area contributed by atoms with Gasteiger partial charge in [-0.25, -0.2) is 8.42 Å². The Hall–Kier alpha value is -2.85. The number of sulfonamides is 1. The molecule has 3 aromatic rings. The van der Waals surface area contributed by atoms with Gasteiger partial charge in [-0.1, -0.05) is 19.1 Å². The van der Waals surface area contributed by atoms with Gasteiger partial charge >= 0.3 is 0 Å². The molecule has 1 aliphatic rings. The lowest BCUT2D eigenvalue weighted by Gasteiger charge is -2.37. The van der Waals surface area contributed by atoms with Gasteiger partial charge < -0.3 is 9.84 Å². The van der Waals surface area contributed by atoms with Gasteiger partial charge in [0.25, 0.3) is 0 Å². The first-order valence-electron chi connectivity index (χ1n) is 11.7. The molecule has 0 saturated carbocycles. The summed E-state index contributed by atoms with van der Waals surface area (Å²) in [5.74, 6) is 0.202. The van der Waals surface area contributed by atoms with Crippen LogP contribution in [0.3, 0.4) is 0 Å². The van der Waals surface area contributed by atoms with Gasteiger partial charge in [0, 0.05) is 56.4 Å². The zero-order valence-electron chi connectivity index (χ0n) is 20.3. The third kappa shape index (κ3) is 5.70. The lowest BCUT2D eigenvalue weighted by Crippen LogP contribution is -2.49. The molecule has 0 spiro atoms. The summed E-state index contributed by atoms with van der Waals surface area (Å²) in [6.07, 6.45) is 6.72. The molecule has 0 fully saturated rings. The van der Waals surface area contributed by atoms with Crippen LogP contribution >= 0.6 is 0 Å². The molecule has 3 heterocycles. The average molecular weight is 497 g/mol. The largest absolute Gasteiger partial charge is 0.487 e. The summed E-state index contributed by atoms with van der Waals surface area (Å²) < 4.78 is 35.2. The summed E-state index contributed by atoms with van der Waals surface area (Å²) in [4.78, 5) is 10.5. The second-order valence-corrected chi connectivity index (χ2v) is 11.1. The van der Waals surface area contributed by atoms with Crippen molar-refractivity contribution in [1.82, 2.24) is 19.2 Å². The van der Waals surface area contributed by atoms with E-state index in [1.807, 2.05) is 44.4 Å². The van der Waals surface area contributed by atoms with E-state index in [4.69, 9.17) is 4.74 Å². The van der Waals surface area contributed by atoms with Crippen LogP contribution in [0.15, 0.2) is 72.1 Å². The lowest BCUT2D eigenvalue weighted by atomic mass is 10.0. The van der Waals surface area contributed by atoms with Crippen molar-refractivity contribution in [2.45, 2.75) is 37.4 Å². The predicted octanol–water partition coefficient (Wildman–Crippen LogP) is 3.04. The van der Waals surface area contributed by atoms with Gasteiger partial charge in [0.05, 0.1) is 6.61 Å². The van der Waals surface area contributed by atoms with Crippen molar-refractivity contribution in [3.05, 3.63) is 72.8 Å². The van der Waals surface area contributed by atoms with Crippen LogP contribution in [0.1, 0.15) is 19.4 Å². The fraction of sp³-hybridized carbons (Fsp3) is 0.385. The molecule has 186 valence electrons. The fourth-order valence-electron chi connectivity index (χ4n) is 4.34. The number of hydrogen-bond donors (Lipinski definition) is 1. The van der Waals surface area contributed by atoms with Gasteiger partial charge in [-0.15, -0.1) is 0 Å². The van der Waals surface area contributed by atoms with E-state index in [1.165, 1.54) is 4.31 Å². The maximum absolute atomic E-state index is 13.6. The quantitative estimate of drug-likeness (QED) is 0.537. The van der Waals surface area contributed by atoms with Gasteiger partial charge in [0.1, 0.15) is 16.7 Å². The standard InChI is InChI=1S/C26H32N4O4S/c1-19-15-30(20(2)18-31)35(32,33)26-7-6-23(22-8-11-27-12-9-22)13-24(26)34-25(19)17-29(3)16-21-5-4-10-28-14-21/h4-14,19-20,25,31H,15-18H2,1-3H3/t19-,20-,25+/m1/s1.